The molecule has 0 aliphatic carbocycles. The summed E-state index contributed by atoms with van der Waals surface area (Å²) in [5, 5.41) is 9.24. The number of aromatic carboxylic acids is 1. The fourth-order valence-electron chi connectivity index (χ4n) is 1.88. The van der Waals surface area contributed by atoms with E-state index in [-0.39, 0.29) is 11.5 Å². The van der Waals surface area contributed by atoms with Gasteiger partial charge in [-0.3, -0.25) is 4.79 Å². The van der Waals surface area contributed by atoms with Crippen molar-refractivity contribution in [2.75, 3.05) is 0 Å². The number of carbonyl (C=O) groups excluding carboxylic acids is 1. The van der Waals surface area contributed by atoms with Crippen LogP contribution in [-0.2, 0) is 0 Å². The Labute approximate surface area is 118 Å². The molecule has 0 aliphatic rings. The second-order valence-electron chi connectivity index (χ2n) is 4.23. The molecule has 0 saturated carbocycles. The van der Waals surface area contributed by atoms with Crippen molar-refractivity contribution in [3.8, 4) is 5.69 Å². The Kier molecular flexibility index (Phi) is 3.57. The first-order valence-corrected chi connectivity index (χ1v) is 6.43. The average Bonchev–Trinajstić information content (AvgIpc) is 2.77. The number of carboxylic acid groups (broad SMARTS) is 1. The van der Waals surface area contributed by atoms with Gasteiger partial charge in [-0.05, 0) is 37.6 Å². The molecule has 0 amide bonds. The van der Waals surface area contributed by atoms with Crippen LogP contribution in [0.2, 0.25) is 0 Å². The highest BCUT2D eigenvalue weighted by Gasteiger charge is 2.17. The van der Waals surface area contributed by atoms with Crippen LogP contribution in [-0.4, -0.2) is 21.4 Å². The zero-order chi connectivity index (χ0) is 14.2. The molecule has 0 aliphatic heterocycles. The molecule has 5 heteroatoms. The quantitative estimate of drug-likeness (QED) is 0.881. The highest BCUT2D eigenvalue weighted by molar-refractivity contribution is 9.10. The van der Waals surface area contributed by atoms with E-state index in [1.165, 1.54) is 17.6 Å². The van der Waals surface area contributed by atoms with E-state index >= 15 is 0 Å². The molecule has 1 heterocycles. The van der Waals surface area contributed by atoms with Crippen LogP contribution in [0.4, 0.5) is 0 Å². The van der Waals surface area contributed by atoms with Crippen molar-refractivity contribution in [3.05, 3.63) is 51.8 Å². The molecule has 0 bridgehead atoms. The van der Waals surface area contributed by atoms with Crippen molar-refractivity contribution < 1.29 is 14.7 Å². The fraction of sp³-hybridized carbons (Fsp3) is 0.143. The van der Waals surface area contributed by atoms with Crippen LogP contribution in [0.5, 0.6) is 0 Å². The van der Waals surface area contributed by atoms with Gasteiger partial charge in [0.2, 0.25) is 0 Å². The van der Waals surface area contributed by atoms with Gasteiger partial charge in [-0.2, -0.15) is 0 Å². The van der Waals surface area contributed by atoms with Gasteiger partial charge >= 0.3 is 5.97 Å². The molecule has 2 rings (SSSR count). The predicted molar refractivity (Wildman–Crippen MR) is 75.2 cm³/mol. The van der Waals surface area contributed by atoms with E-state index in [0.29, 0.717) is 5.56 Å². The molecular formula is C14H12BrNO3. The van der Waals surface area contributed by atoms with E-state index in [1.807, 2.05) is 25.1 Å². The maximum Gasteiger partial charge on any atom is 0.352 e. The first kappa shape index (κ1) is 13.5. The number of hydrogen-bond acceptors (Lipinski definition) is 2. The maximum atomic E-state index is 11.4. The molecule has 19 heavy (non-hydrogen) atoms. The standard InChI is InChI=1S/C14H12BrNO3/c1-8-11(15)4-3-5-12(8)16-7-10(9(2)17)6-13(16)14(18)19/h3-7H,1-2H3,(H,18,19). The third kappa shape index (κ3) is 2.46. The number of halogens is 1. The number of aromatic nitrogens is 1. The van der Waals surface area contributed by atoms with Crippen LogP contribution >= 0.6 is 15.9 Å². The molecule has 0 radical (unpaired) electrons. The van der Waals surface area contributed by atoms with Crippen LogP contribution < -0.4 is 0 Å². The summed E-state index contributed by atoms with van der Waals surface area (Å²) in [6, 6.07) is 6.92. The lowest BCUT2D eigenvalue weighted by molar-refractivity contribution is 0.0688. The van der Waals surface area contributed by atoms with Gasteiger partial charge in [-0.1, -0.05) is 22.0 Å². The van der Waals surface area contributed by atoms with Crippen LogP contribution in [0.3, 0.4) is 0 Å². The van der Waals surface area contributed by atoms with E-state index in [0.717, 1.165) is 15.7 Å². The zero-order valence-corrected chi connectivity index (χ0v) is 12.1. The van der Waals surface area contributed by atoms with E-state index in [2.05, 4.69) is 15.9 Å². The molecule has 1 aromatic carbocycles. The summed E-state index contributed by atoms with van der Waals surface area (Å²) < 4.78 is 2.42. The minimum absolute atomic E-state index is 0.0754. The Hall–Kier alpha value is -1.88. The minimum Gasteiger partial charge on any atom is -0.477 e. The normalized spacial score (nSPS) is 10.5. The third-order valence-corrected chi connectivity index (χ3v) is 3.80. The highest BCUT2D eigenvalue weighted by atomic mass is 79.9. The molecule has 0 atom stereocenters. The highest BCUT2D eigenvalue weighted by Crippen LogP contribution is 2.25. The number of Topliss-reactive ketones (excluding diaryl/α,β-unsaturated/α-hetero) is 1. The molecule has 4 nitrogen and oxygen atoms in total. The first-order valence-electron chi connectivity index (χ1n) is 5.64. The monoisotopic (exact) mass is 321 g/mol. The van der Waals surface area contributed by atoms with Crippen molar-refractivity contribution in [3.63, 3.8) is 0 Å². The van der Waals surface area contributed by atoms with Crippen molar-refractivity contribution in [2.24, 2.45) is 0 Å². The summed E-state index contributed by atoms with van der Waals surface area (Å²) >= 11 is 3.41. The van der Waals surface area contributed by atoms with Crippen LogP contribution in [0.15, 0.2) is 34.9 Å². The number of carboxylic acids is 1. The van der Waals surface area contributed by atoms with Crippen molar-refractivity contribution >= 4 is 27.7 Å². The molecule has 98 valence electrons. The fourth-order valence-corrected chi connectivity index (χ4v) is 2.23. The van der Waals surface area contributed by atoms with Crippen molar-refractivity contribution in [1.82, 2.24) is 4.57 Å². The first-order chi connectivity index (χ1) is 8.91. The summed E-state index contributed by atoms with van der Waals surface area (Å²) in [5.74, 6) is -1.22. The largest absolute Gasteiger partial charge is 0.477 e. The summed E-state index contributed by atoms with van der Waals surface area (Å²) in [6.45, 7) is 3.30. The van der Waals surface area contributed by atoms with Gasteiger partial charge < -0.3 is 9.67 Å². The van der Waals surface area contributed by atoms with Gasteiger partial charge in [0.1, 0.15) is 5.69 Å². The Bertz CT molecular complexity index is 673. The summed E-state index contributed by atoms with van der Waals surface area (Å²) in [6.07, 6.45) is 1.56. The van der Waals surface area contributed by atoms with Gasteiger partial charge in [-0.15, -0.1) is 0 Å². The van der Waals surface area contributed by atoms with Gasteiger partial charge in [0.05, 0.1) is 0 Å². The number of nitrogens with zero attached hydrogens (tertiary/aromatic N) is 1. The lowest BCUT2D eigenvalue weighted by Gasteiger charge is -2.10. The Morgan fingerprint density at radius 3 is 2.58 bits per heavy atom. The van der Waals surface area contributed by atoms with E-state index in [4.69, 9.17) is 0 Å². The van der Waals surface area contributed by atoms with Crippen LogP contribution in [0.1, 0.15) is 33.3 Å². The summed E-state index contributed by atoms with van der Waals surface area (Å²) in [5.41, 5.74) is 2.11. The number of hydrogen-bond donors (Lipinski definition) is 1. The average molecular weight is 322 g/mol. The predicted octanol–water partition coefficient (Wildman–Crippen LogP) is 3.45. The number of rotatable bonds is 3. The Morgan fingerprint density at radius 2 is 2.00 bits per heavy atom. The van der Waals surface area contributed by atoms with Gasteiger partial charge in [0.25, 0.3) is 0 Å². The lowest BCUT2D eigenvalue weighted by Crippen LogP contribution is -2.06. The van der Waals surface area contributed by atoms with Crippen molar-refractivity contribution in [2.45, 2.75) is 13.8 Å². The third-order valence-electron chi connectivity index (χ3n) is 2.94. The zero-order valence-electron chi connectivity index (χ0n) is 10.5. The topological polar surface area (TPSA) is 59.3 Å². The second kappa shape index (κ2) is 5.01. The number of benzene rings is 1. The molecule has 1 aromatic heterocycles. The SMILES string of the molecule is CC(=O)c1cc(C(=O)O)n(-c2cccc(Br)c2C)c1. The van der Waals surface area contributed by atoms with Gasteiger partial charge in [0.15, 0.2) is 5.78 Å². The molecule has 2 aromatic rings. The van der Waals surface area contributed by atoms with Crippen LogP contribution in [0.25, 0.3) is 5.69 Å². The molecule has 0 unspecified atom stereocenters. The molecule has 0 fully saturated rings. The summed E-state index contributed by atoms with van der Waals surface area (Å²) in [7, 11) is 0. The van der Waals surface area contributed by atoms with Gasteiger partial charge in [-0.25, -0.2) is 4.79 Å². The maximum absolute atomic E-state index is 11.4. The number of carbonyl (C=O) groups is 2. The second-order valence-corrected chi connectivity index (χ2v) is 5.08. The van der Waals surface area contributed by atoms with E-state index in [1.54, 1.807) is 6.20 Å². The van der Waals surface area contributed by atoms with E-state index < -0.39 is 5.97 Å². The minimum atomic E-state index is -1.06. The Balaban J connectivity index is 2.70. The molecule has 0 saturated heterocycles. The van der Waals surface area contributed by atoms with Crippen LogP contribution in [0, 0.1) is 6.92 Å². The molecular weight excluding hydrogens is 310 g/mol. The smallest absolute Gasteiger partial charge is 0.352 e. The van der Waals surface area contributed by atoms with Gasteiger partial charge in [0, 0.05) is 21.9 Å². The lowest BCUT2D eigenvalue weighted by atomic mass is 10.2. The summed E-state index contributed by atoms with van der Waals surface area (Å²) in [4.78, 5) is 22.7. The Morgan fingerprint density at radius 1 is 1.32 bits per heavy atom. The number of ketones is 1. The van der Waals surface area contributed by atoms with E-state index in [9.17, 15) is 14.7 Å². The molecule has 1 N–H and O–H groups in total. The molecule has 0 spiro atoms. The van der Waals surface area contributed by atoms with Crippen molar-refractivity contribution in [1.29, 1.82) is 0 Å².